The molecule has 0 spiro atoms. The van der Waals surface area contributed by atoms with Crippen LogP contribution < -0.4 is 10.6 Å². The number of fused-ring (bicyclic) bond motifs is 1. The number of esters is 1. The van der Waals surface area contributed by atoms with Crippen molar-refractivity contribution in [1.82, 2.24) is 10.3 Å². The van der Waals surface area contributed by atoms with Crippen LogP contribution in [0.25, 0.3) is 0 Å². The van der Waals surface area contributed by atoms with Crippen molar-refractivity contribution >= 4 is 23.4 Å². The van der Waals surface area contributed by atoms with Gasteiger partial charge in [-0.1, -0.05) is 36.4 Å². The predicted octanol–water partition coefficient (Wildman–Crippen LogP) is 4.31. The van der Waals surface area contributed by atoms with Gasteiger partial charge in [-0.2, -0.15) is 0 Å². The first-order valence-corrected chi connectivity index (χ1v) is 10.1. The number of benzene rings is 2. The van der Waals surface area contributed by atoms with Crippen LogP contribution in [-0.2, 0) is 16.0 Å². The predicted molar refractivity (Wildman–Crippen MR) is 114 cm³/mol. The van der Waals surface area contributed by atoms with Crippen molar-refractivity contribution in [2.45, 2.75) is 25.3 Å². The molecule has 158 valence electrons. The molecule has 1 atom stereocenters. The molecule has 4 rings (SSSR count). The number of carbonyl (C=O) groups excluding carboxylic acids is 2. The Morgan fingerprint density at radius 1 is 1.06 bits per heavy atom. The summed E-state index contributed by atoms with van der Waals surface area (Å²) in [5.74, 6) is -1.41. The van der Waals surface area contributed by atoms with Gasteiger partial charge in [-0.15, -0.1) is 0 Å². The number of amides is 1. The van der Waals surface area contributed by atoms with E-state index in [4.69, 9.17) is 4.74 Å². The van der Waals surface area contributed by atoms with Crippen LogP contribution in [0.3, 0.4) is 0 Å². The van der Waals surface area contributed by atoms with Crippen LogP contribution in [-0.4, -0.2) is 23.5 Å². The molecule has 7 heteroatoms. The molecule has 1 aliphatic rings. The van der Waals surface area contributed by atoms with E-state index in [-0.39, 0.29) is 29.0 Å². The van der Waals surface area contributed by atoms with Crippen LogP contribution >= 0.6 is 0 Å². The van der Waals surface area contributed by atoms with Crippen molar-refractivity contribution in [3.05, 3.63) is 89.4 Å². The molecule has 6 nitrogen and oxygen atoms in total. The monoisotopic (exact) mass is 419 g/mol. The quantitative estimate of drug-likeness (QED) is 0.582. The molecule has 0 bridgehead atoms. The van der Waals surface area contributed by atoms with E-state index in [2.05, 4.69) is 21.7 Å². The Kier molecular flexibility index (Phi) is 6.21. The zero-order valence-electron chi connectivity index (χ0n) is 16.8. The molecular formula is C24H22FN3O3. The van der Waals surface area contributed by atoms with Crippen LogP contribution in [0.5, 0.6) is 0 Å². The topological polar surface area (TPSA) is 80.3 Å². The molecule has 1 amide bonds. The number of nitrogens with zero attached hydrogens (tertiary/aromatic N) is 1. The Hall–Kier alpha value is -3.74. The summed E-state index contributed by atoms with van der Waals surface area (Å²) in [6, 6.07) is 17.1. The Labute approximate surface area is 179 Å². The fraction of sp³-hybridized carbons (Fsp3) is 0.208. The number of nitrogens with one attached hydrogen (secondary N) is 2. The summed E-state index contributed by atoms with van der Waals surface area (Å²) in [6.45, 7) is -0.411. The van der Waals surface area contributed by atoms with Crippen LogP contribution in [0.2, 0.25) is 0 Å². The van der Waals surface area contributed by atoms with Crippen molar-refractivity contribution in [3.8, 4) is 0 Å². The van der Waals surface area contributed by atoms with E-state index in [9.17, 15) is 14.0 Å². The molecule has 3 aromatic rings. The van der Waals surface area contributed by atoms with Crippen LogP contribution in [0, 0.1) is 5.82 Å². The van der Waals surface area contributed by atoms with Crippen molar-refractivity contribution in [1.29, 1.82) is 0 Å². The Balaban J connectivity index is 1.38. The smallest absolute Gasteiger partial charge is 0.342 e. The number of hydrogen-bond donors (Lipinski definition) is 2. The van der Waals surface area contributed by atoms with Gasteiger partial charge >= 0.3 is 5.97 Å². The highest BCUT2D eigenvalue weighted by Gasteiger charge is 2.22. The number of aryl methyl sites for hydroxylation is 1. The Morgan fingerprint density at radius 2 is 1.87 bits per heavy atom. The molecule has 1 heterocycles. The number of hydrogen-bond acceptors (Lipinski definition) is 5. The third-order valence-electron chi connectivity index (χ3n) is 5.19. The van der Waals surface area contributed by atoms with Gasteiger partial charge in [-0.25, -0.2) is 14.2 Å². The van der Waals surface area contributed by atoms with Gasteiger partial charge in [-0.05, 0) is 54.7 Å². The molecule has 1 aromatic heterocycles. The zero-order valence-corrected chi connectivity index (χ0v) is 16.8. The standard InChI is InChI=1S/C24H22FN3O3/c25-19-11-3-4-12-21(19)28-23-18(10-6-14-26-23)24(30)31-15-22(29)27-20-13-5-8-16-7-1-2-9-17(16)20/h1-4,6-7,9-12,14,20H,5,8,13,15H2,(H,26,28)(H,27,29)/t20-/m0/s1. The van der Waals surface area contributed by atoms with Gasteiger partial charge in [-0.3, -0.25) is 4.79 Å². The number of para-hydroxylation sites is 1. The lowest BCUT2D eigenvalue weighted by molar-refractivity contribution is -0.125. The first-order chi connectivity index (χ1) is 15.1. The van der Waals surface area contributed by atoms with E-state index in [1.165, 1.54) is 30.0 Å². The molecule has 0 radical (unpaired) electrons. The fourth-order valence-electron chi connectivity index (χ4n) is 3.71. The molecular weight excluding hydrogens is 397 g/mol. The minimum Gasteiger partial charge on any atom is -0.452 e. The van der Waals surface area contributed by atoms with E-state index in [0.29, 0.717) is 0 Å². The maximum absolute atomic E-state index is 13.9. The highest BCUT2D eigenvalue weighted by Crippen LogP contribution is 2.29. The number of anilines is 2. The van der Waals surface area contributed by atoms with E-state index >= 15 is 0 Å². The molecule has 0 saturated carbocycles. The summed E-state index contributed by atoms with van der Waals surface area (Å²) in [5, 5.41) is 5.75. The largest absolute Gasteiger partial charge is 0.452 e. The molecule has 2 aromatic carbocycles. The van der Waals surface area contributed by atoms with Gasteiger partial charge < -0.3 is 15.4 Å². The Bertz CT molecular complexity index is 1100. The lowest BCUT2D eigenvalue weighted by Crippen LogP contribution is -2.34. The van der Waals surface area contributed by atoms with Crippen LogP contribution in [0.4, 0.5) is 15.9 Å². The average molecular weight is 419 g/mol. The minimum atomic E-state index is -0.717. The highest BCUT2D eigenvalue weighted by molar-refractivity contribution is 5.96. The molecule has 0 saturated heterocycles. The van der Waals surface area contributed by atoms with Crippen molar-refractivity contribution in [2.75, 3.05) is 11.9 Å². The van der Waals surface area contributed by atoms with E-state index in [1.807, 2.05) is 18.2 Å². The summed E-state index contributed by atoms with van der Waals surface area (Å²) in [6.07, 6.45) is 4.31. The van der Waals surface area contributed by atoms with Gasteiger partial charge in [0, 0.05) is 6.20 Å². The third-order valence-corrected chi connectivity index (χ3v) is 5.19. The van der Waals surface area contributed by atoms with Crippen molar-refractivity contribution < 1.29 is 18.7 Å². The summed E-state index contributed by atoms with van der Waals surface area (Å²) >= 11 is 0. The molecule has 0 aliphatic heterocycles. The van der Waals surface area contributed by atoms with Crippen LogP contribution in [0.15, 0.2) is 66.9 Å². The highest BCUT2D eigenvalue weighted by atomic mass is 19.1. The zero-order chi connectivity index (χ0) is 21.6. The lowest BCUT2D eigenvalue weighted by atomic mass is 9.88. The Morgan fingerprint density at radius 3 is 2.74 bits per heavy atom. The summed E-state index contributed by atoms with van der Waals surface area (Å²) in [5.41, 5.74) is 2.64. The number of rotatable bonds is 6. The normalized spacial score (nSPS) is 14.9. The summed E-state index contributed by atoms with van der Waals surface area (Å²) < 4.78 is 19.1. The van der Waals surface area contributed by atoms with Gasteiger partial charge in [0.15, 0.2) is 6.61 Å². The number of carbonyl (C=O) groups is 2. The van der Waals surface area contributed by atoms with Gasteiger partial charge in [0.05, 0.1) is 11.7 Å². The van der Waals surface area contributed by atoms with Crippen molar-refractivity contribution in [2.24, 2.45) is 0 Å². The molecule has 31 heavy (non-hydrogen) atoms. The van der Waals surface area contributed by atoms with Gasteiger partial charge in [0.2, 0.25) is 0 Å². The van der Waals surface area contributed by atoms with E-state index < -0.39 is 18.4 Å². The van der Waals surface area contributed by atoms with Gasteiger partial charge in [0.1, 0.15) is 17.2 Å². The summed E-state index contributed by atoms with van der Waals surface area (Å²) in [4.78, 5) is 29.1. The fourth-order valence-corrected chi connectivity index (χ4v) is 3.71. The van der Waals surface area contributed by atoms with Crippen molar-refractivity contribution in [3.63, 3.8) is 0 Å². The molecule has 2 N–H and O–H groups in total. The summed E-state index contributed by atoms with van der Waals surface area (Å²) in [7, 11) is 0. The van der Waals surface area contributed by atoms with Gasteiger partial charge in [0.25, 0.3) is 5.91 Å². The average Bonchev–Trinajstić information content (AvgIpc) is 2.80. The SMILES string of the molecule is O=C(COC(=O)c1cccnc1Nc1ccccc1F)N[C@H]1CCCc2ccccc21. The number of aromatic nitrogens is 1. The number of halogens is 1. The second kappa shape index (κ2) is 9.38. The van der Waals surface area contributed by atoms with E-state index in [1.54, 1.807) is 18.2 Å². The second-order valence-corrected chi connectivity index (χ2v) is 7.29. The maximum Gasteiger partial charge on any atom is 0.342 e. The first-order valence-electron chi connectivity index (χ1n) is 10.1. The van der Waals surface area contributed by atoms with Crippen LogP contribution in [0.1, 0.15) is 40.4 Å². The van der Waals surface area contributed by atoms with E-state index in [0.717, 1.165) is 24.8 Å². The number of pyridine rings is 1. The number of ether oxygens (including phenoxy) is 1. The molecule has 0 unspecified atom stereocenters. The maximum atomic E-state index is 13.9. The molecule has 0 fully saturated rings. The minimum absolute atomic E-state index is 0.0900. The molecule has 1 aliphatic carbocycles. The third kappa shape index (κ3) is 4.88. The first kappa shape index (κ1) is 20.5. The lowest BCUT2D eigenvalue weighted by Gasteiger charge is -2.26. The second-order valence-electron chi connectivity index (χ2n) is 7.29.